The molecule has 3 aromatic rings. The number of carbonyl (C=O) groups excluding carboxylic acids is 1. The Balaban J connectivity index is 1.35. The molecule has 2 aromatic carbocycles. The zero-order valence-corrected chi connectivity index (χ0v) is 23.9. The lowest BCUT2D eigenvalue weighted by Gasteiger charge is -2.42. The van der Waals surface area contributed by atoms with Gasteiger partial charge in [0.2, 0.25) is 5.91 Å². The van der Waals surface area contributed by atoms with Gasteiger partial charge in [0, 0.05) is 42.8 Å². The Kier molecular flexibility index (Phi) is 7.26. The Morgan fingerprint density at radius 3 is 2.73 bits per heavy atom. The minimum atomic E-state index is -0.230. The van der Waals surface area contributed by atoms with E-state index in [2.05, 4.69) is 71.1 Å². The summed E-state index contributed by atoms with van der Waals surface area (Å²) in [5, 5.41) is 15.4. The fraction of sp³-hybridized carbons (Fsp3) is 0.438. The third-order valence-electron chi connectivity index (χ3n) is 8.88. The van der Waals surface area contributed by atoms with Gasteiger partial charge < -0.3 is 24.8 Å². The highest BCUT2D eigenvalue weighted by Gasteiger charge is 2.42. The summed E-state index contributed by atoms with van der Waals surface area (Å²) in [4.78, 5) is 28.8. The van der Waals surface area contributed by atoms with Crippen LogP contribution in [-0.2, 0) is 17.8 Å². The quantitative estimate of drug-likeness (QED) is 0.423. The van der Waals surface area contributed by atoms with E-state index in [4.69, 9.17) is 14.7 Å². The molecule has 2 aliphatic heterocycles. The maximum Gasteiger partial charge on any atom is 0.318 e. The lowest BCUT2D eigenvalue weighted by Crippen LogP contribution is -2.55. The van der Waals surface area contributed by atoms with E-state index in [-0.39, 0.29) is 23.9 Å². The summed E-state index contributed by atoms with van der Waals surface area (Å²) in [6.07, 6.45) is 4.53. The Labute approximate surface area is 241 Å². The van der Waals surface area contributed by atoms with Crippen LogP contribution in [-0.4, -0.2) is 72.2 Å². The van der Waals surface area contributed by atoms with Crippen molar-refractivity contribution in [1.29, 1.82) is 5.26 Å². The van der Waals surface area contributed by atoms with Crippen LogP contribution in [0.3, 0.4) is 0 Å². The summed E-state index contributed by atoms with van der Waals surface area (Å²) < 4.78 is 6.24. The van der Waals surface area contributed by atoms with Crippen LogP contribution in [0, 0.1) is 18.3 Å². The van der Waals surface area contributed by atoms with Gasteiger partial charge in [-0.3, -0.25) is 4.79 Å². The summed E-state index contributed by atoms with van der Waals surface area (Å²) in [7, 11) is 1.97. The van der Waals surface area contributed by atoms with Gasteiger partial charge in [0.15, 0.2) is 0 Å². The van der Waals surface area contributed by atoms with Crippen LogP contribution in [0.1, 0.15) is 36.1 Å². The standard InChI is InChI=1S/C32H37N7O2/c1-4-28(40)39-18-17-38(19-24(39)11-15-33)30-25-12-16-37(27-10-6-9-23-8-5-7-22(2)29(23)27)20-26(25)35-31(36-30)41-21-32(34-3)13-14-32/h4-10,24,34H,1,11-14,16-21H2,2-3H3. The highest BCUT2D eigenvalue weighted by molar-refractivity contribution is 5.97. The minimum Gasteiger partial charge on any atom is -0.461 e. The largest absolute Gasteiger partial charge is 0.461 e. The first-order valence-electron chi connectivity index (χ1n) is 14.4. The number of piperazine rings is 1. The zero-order valence-electron chi connectivity index (χ0n) is 23.9. The van der Waals surface area contributed by atoms with E-state index in [1.54, 1.807) is 4.90 Å². The van der Waals surface area contributed by atoms with Crippen molar-refractivity contribution in [2.75, 3.05) is 49.6 Å². The molecule has 3 heterocycles. The second-order valence-corrected chi connectivity index (χ2v) is 11.4. The van der Waals surface area contributed by atoms with Gasteiger partial charge in [-0.15, -0.1) is 0 Å². The molecule has 1 saturated heterocycles. The number of aromatic nitrogens is 2. The number of likely N-dealkylation sites (N-methyl/N-ethyl adjacent to an activating group) is 1. The van der Waals surface area contributed by atoms with Gasteiger partial charge >= 0.3 is 6.01 Å². The van der Waals surface area contributed by atoms with E-state index in [0.29, 0.717) is 38.8 Å². The normalized spacial score (nSPS) is 19.4. The van der Waals surface area contributed by atoms with Gasteiger partial charge in [-0.1, -0.05) is 36.9 Å². The van der Waals surface area contributed by atoms with Crippen LogP contribution < -0.4 is 19.9 Å². The second-order valence-electron chi connectivity index (χ2n) is 11.4. The lowest BCUT2D eigenvalue weighted by molar-refractivity contribution is -0.128. The highest BCUT2D eigenvalue weighted by Crippen LogP contribution is 2.37. The van der Waals surface area contributed by atoms with Crippen molar-refractivity contribution in [3.05, 3.63) is 65.9 Å². The number of nitrogens with one attached hydrogen (secondary N) is 1. The Hall–Kier alpha value is -4.16. The summed E-state index contributed by atoms with van der Waals surface area (Å²) in [6.45, 7) is 9.50. The smallest absolute Gasteiger partial charge is 0.318 e. The second kappa shape index (κ2) is 11.0. The first kappa shape index (κ1) is 27.0. The Morgan fingerprint density at radius 2 is 2.00 bits per heavy atom. The number of fused-ring (bicyclic) bond motifs is 2. The average Bonchev–Trinajstić information content (AvgIpc) is 3.79. The molecule has 1 N–H and O–H groups in total. The average molecular weight is 552 g/mol. The number of hydrogen-bond acceptors (Lipinski definition) is 8. The first-order chi connectivity index (χ1) is 19.9. The molecule has 6 rings (SSSR count). The third-order valence-corrected chi connectivity index (χ3v) is 8.88. The van der Waals surface area contributed by atoms with Gasteiger partial charge in [-0.05, 0) is 56.3 Å². The van der Waals surface area contributed by atoms with Crippen molar-refractivity contribution in [1.82, 2.24) is 20.2 Å². The fourth-order valence-corrected chi connectivity index (χ4v) is 6.24. The number of benzene rings is 2. The molecule has 212 valence electrons. The number of amides is 1. The number of anilines is 2. The summed E-state index contributed by atoms with van der Waals surface area (Å²) in [5.41, 5.74) is 4.57. The van der Waals surface area contributed by atoms with E-state index in [1.807, 2.05) is 7.05 Å². The monoisotopic (exact) mass is 551 g/mol. The van der Waals surface area contributed by atoms with Gasteiger partial charge in [-0.25, -0.2) is 0 Å². The number of ether oxygens (including phenoxy) is 1. The topological polar surface area (TPSA) is 97.6 Å². The number of rotatable bonds is 8. The highest BCUT2D eigenvalue weighted by atomic mass is 16.5. The van der Waals surface area contributed by atoms with Gasteiger partial charge in [0.25, 0.3) is 0 Å². The molecule has 0 bridgehead atoms. The number of hydrogen-bond donors (Lipinski definition) is 1. The van der Waals surface area contributed by atoms with Crippen LogP contribution in [0.4, 0.5) is 11.5 Å². The SMILES string of the molecule is C=CC(=O)N1CCN(c2nc(OCC3(NC)CC3)nc3c2CCN(c2cccc4cccc(C)c24)C3)CC1CC#N. The molecule has 9 heteroatoms. The number of carbonyl (C=O) groups is 1. The van der Waals surface area contributed by atoms with Crippen LogP contribution in [0.25, 0.3) is 10.8 Å². The van der Waals surface area contributed by atoms with Crippen molar-refractivity contribution in [3.63, 3.8) is 0 Å². The molecule has 0 radical (unpaired) electrons. The van der Waals surface area contributed by atoms with Crippen molar-refractivity contribution >= 4 is 28.2 Å². The van der Waals surface area contributed by atoms with Crippen molar-refractivity contribution in [2.24, 2.45) is 0 Å². The predicted molar refractivity (Wildman–Crippen MR) is 160 cm³/mol. The van der Waals surface area contributed by atoms with E-state index < -0.39 is 0 Å². The predicted octanol–water partition coefficient (Wildman–Crippen LogP) is 3.75. The molecule has 1 amide bonds. The van der Waals surface area contributed by atoms with Crippen LogP contribution in [0.2, 0.25) is 0 Å². The molecule has 1 atom stereocenters. The van der Waals surface area contributed by atoms with E-state index in [0.717, 1.165) is 42.9 Å². The fourth-order valence-electron chi connectivity index (χ4n) is 6.24. The molecule has 0 spiro atoms. The Morgan fingerprint density at radius 1 is 1.20 bits per heavy atom. The van der Waals surface area contributed by atoms with Gasteiger partial charge in [0.05, 0.1) is 36.3 Å². The lowest BCUT2D eigenvalue weighted by atomic mass is 9.99. The molecular weight excluding hydrogens is 514 g/mol. The van der Waals surface area contributed by atoms with Crippen LogP contribution in [0.15, 0.2) is 49.1 Å². The molecule has 2 fully saturated rings. The van der Waals surface area contributed by atoms with Crippen molar-refractivity contribution < 1.29 is 9.53 Å². The zero-order chi connectivity index (χ0) is 28.6. The molecule has 3 aliphatic rings. The van der Waals surface area contributed by atoms with Crippen LogP contribution in [0.5, 0.6) is 6.01 Å². The number of aryl methyl sites for hydroxylation is 1. The molecular formula is C32H37N7O2. The maximum atomic E-state index is 12.5. The van der Waals surface area contributed by atoms with E-state index >= 15 is 0 Å². The van der Waals surface area contributed by atoms with Crippen molar-refractivity contribution in [2.45, 2.75) is 50.7 Å². The first-order valence-corrected chi connectivity index (χ1v) is 14.4. The van der Waals surface area contributed by atoms with Gasteiger partial charge in [-0.2, -0.15) is 15.2 Å². The van der Waals surface area contributed by atoms with E-state index in [1.165, 1.54) is 28.1 Å². The number of nitriles is 1. The van der Waals surface area contributed by atoms with E-state index in [9.17, 15) is 10.1 Å². The molecule has 1 aromatic heterocycles. The Bertz CT molecular complexity index is 1520. The molecule has 41 heavy (non-hydrogen) atoms. The summed E-state index contributed by atoms with van der Waals surface area (Å²) in [5.74, 6) is 0.725. The molecule has 1 unspecified atom stereocenters. The van der Waals surface area contributed by atoms with Crippen molar-refractivity contribution in [3.8, 4) is 12.1 Å². The molecule has 1 aliphatic carbocycles. The van der Waals surface area contributed by atoms with Gasteiger partial charge in [0.1, 0.15) is 12.4 Å². The third kappa shape index (κ3) is 5.20. The summed E-state index contributed by atoms with van der Waals surface area (Å²) >= 11 is 0. The molecule has 1 saturated carbocycles. The summed E-state index contributed by atoms with van der Waals surface area (Å²) in [6, 6.07) is 15.3. The minimum absolute atomic E-state index is 0.000505. The van der Waals surface area contributed by atoms with Crippen LogP contribution >= 0.6 is 0 Å². The maximum absolute atomic E-state index is 12.5. The number of nitrogens with zero attached hydrogens (tertiary/aromatic N) is 6. The molecule has 9 nitrogen and oxygen atoms in total.